The summed E-state index contributed by atoms with van der Waals surface area (Å²) in [5.41, 5.74) is -5.22. The van der Waals surface area contributed by atoms with Crippen molar-refractivity contribution in [2.45, 2.75) is 24.4 Å². The fraction of sp³-hybridized carbons (Fsp3) is 0.667. The maximum Gasteiger partial charge on any atom is 0.553 e. The van der Waals surface area contributed by atoms with E-state index < -0.39 is 32.4 Å². The number of hydrogen-bond acceptors (Lipinski definition) is 2. The Morgan fingerprint density at radius 3 is 1.59 bits per heavy atom. The number of alkyl halides is 6. The SMILES string of the molecule is C=CCC(OP(=O)(F)F)(C(F)(F)F)C(F)(F)F. The fourth-order valence-electron chi connectivity index (χ4n) is 0.918. The summed E-state index contributed by atoms with van der Waals surface area (Å²) in [6.07, 6.45) is -14.4. The van der Waals surface area contributed by atoms with Gasteiger partial charge in [0.2, 0.25) is 0 Å². The Balaban J connectivity index is 5.76. The zero-order valence-corrected chi connectivity index (χ0v) is 8.67. The molecule has 0 aromatic carbocycles. The lowest BCUT2D eigenvalue weighted by molar-refractivity contribution is -0.358. The van der Waals surface area contributed by atoms with Crippen molar-refractivity contribution in [2.24, 2.45) is 0 Å². The van der Waals surface area contributed by atoms with E-state index in [0.29, 0.717) is 0 Å². The smallest absolute Gasteiger partial charge is 0.254 e. The highest BCUT2D eigenvalue weighted by atomic mass is 31.2. The third kappa shape index (κ3) is 3.67. The van der Waals surface area contributed by atoms with Crippen LogP contribution in [0.15, 0.2) is 12.7 Å². The average Bonchev–Trinajstić information content (AvgIpc) is 1.96. The normalized spacial score (nSPS) is 14.8. The van der Waals surface area contributed by atoms with Crippen LogP contribution in [0, 0.1) is 0 Å². The molecule has 0 spiro atoms. The summed E-state index contributed by atoms with van der Waals surface area (Å²) >= 11 is 0. The summed E-state index contributed by atoms with van der Waals surface area (Å²) in [7, 11) is -7.00. The molecule has 0 saturated carbocycles. The highest BCUT2D eigenvalue weighted by Gasteiger charge is 2.74. The summed E-state index contributed by atoms with van der Waals surface area (Å²) in [4.78, 5) is 0. The molecular formula is C6H5F8O2P. The van der Waals surface area contributed by atoms with Crippen LogP contribution < -0.4 is 0 Å². The van der Waals surface area contributed by atoms with Gasteiger partial charge < -0.3 is 0 Å². The van der Waals surface area contributed by atoms with E-state index >= 15 is 0 Å². The first-order valence-electron chi connectivity index (χ1n) is 3.71. The molecule has 0 bridgehead atoms. The molecule has 0 radical (unpaired) electrons. The number of rotatable bonds is 4. The predicted molar refractivity (Wildman–Crippen MR) is 40.6 cm³/mol. The summed E-state index contributed by atoms with van der Waals surface area (Å²) in [5.74, 6) is 0. The zero-order chi connectivity index (χ0) is 14.1. The lowest BCUT2D eigenvalue weighted by atomic mass is 9.98. The van der Waals surface area contributed by atoms with Crippen molar-refractivity contribution < 1.29 is 43.8 Å². The summed E-state index contributed by atoms with van der Waals surface area (Å²) in [6, 6.07) is 0. The second kappa shape index (κ2) is 4.56. The van der Waals surface area contributed by atoms with Crippen molar-refractivity contribution in [3.05, 3.63) is 12.7 Å². The third-order valence-corrected chi connectivity index (χ3v) is 2.13. The minimum Gasteiger partial charge on any atom is -0.254 e. The Morgan fingerprint density at radius 1 is 1.06 bits per heavy atom. The van der Waals surface area contributed by atoms with Crippen molar-refractivity contribution in [3.8, 4) is 0 Å². The predicted octanol–water partition coefficient (Wildman–Crippen LogP) is 4.49. The van der Waals surface area contributed by atoms with Gasteiger partial charge in [-0.15, -0.1) is 15.0 Å². The van der Waals surface area contributed by atoms with Crippen LogP contribution in [0.5, 0.6) is 0 Å². The molecule has 0 aliphatic carbocycles. The quantitative estimate of drug-likeness (QED) is 0.433. The molecule has 102 valence electrons. The van der Waals surface area contributed by atoms with Gasteiger partial charge in [0, 0.05) is 6.42 Å². The van der Waals surface area contributed by atoms with Crippen molar-refractivity contribution in [2.75, 3.05) is 0 Å². The minimum absolute atomic E-state index is 0.0939. The standard InChI is InChI=1S/C6H5F8O2P/c1-2-3-4(5(7,8)9,6(10,11)12)16-17(13,14)15/h2H,1,3H2. The van der Waals surface area contributed by atoms with Crippen molar-refractivity contribution in [3.63, 3.8) is 0 Å². The van der Waals surface area contributed by atoms with Gasteiger partial charge in [0.25, 0.3) is 5.60 Å². The van der Waals surface area contributed by atoms with Crippen LogP contribution in [-0.4, -0.2) is 18.0 Å². The second-order valence-corrected chi connectivity index (χ2v) is 3.83. The molecule has 0 saturated heterocycles. The average molecular weight is 292 g/mol. The largest absolute Gasteiger partial charge is 0.553 e. The van der Waals surface area contributed by atoms with Gasteiger partial charge in [-0.05, 0) is 0 Å². The van der Waals surface area contributed by atoms with Gasteiger partial charge in [0.15, 0.2) is 0 Å². The van der Waals surface area contributed by atoms with Crippen LogP contribution in [0.4, 0.5) is 34.7 Å². The first-order chi connectivity index (χ1) is 7.27. The molecule has 0 N–H and O–H groups in total. The Labute approximate surface area is 89.9 Å². The summed E-state index contributed by atoms with van der Waals surface area (Å²) < 4.78 is 110. The van der Waals surface area contributed by atoms with E-state index in [0.717, 1.165) is 0 Å². The molecule has 0 aliphatic heterocycles. The first kappa shape index (κ1) is 16.4. The fourth-order valence-corrected chi connectivity index (χ4v) is 1.56. The minimum atomic E-state index is -7.00. The highest BCUT2D eigenvalue weighted by molar-refractivity contribution is 7.47. The van der Waals surface area contributed by atoms with Crippen LogP contribution in [0.1, 0.15) is 6.42 Å². The molecule has 0 aromatic heterocycles. The van der Waals surface area contributed by atoms with Gasteiger partial charge in [0.1, 0.15) is 0 Å². The topological polar surface area (TPSA) is 26.3 Å². The van der Waals surface area contributed by atoms with Crippen LogP contribution in [-0.2, 0) is 9.09 Å². The van der Waals surface area contributed by atoms with E-state index in [1.54, 1.807) is 0 Å². The number of halogens is 8. The molecule has 0 heterocycles. The van der Waals surface area contributed by atoms with Crippen molar-refractivity contribution >= 4 is 7.99 Å². The molecule has 17 heavy (non-hydrogen) atoms. The van der Waals surface area contributed by atoms with Gasteiger partial charge >= 0.3 is 20.3 Å². The second-order valence-electron chi connectivity index (χ2n) is 2.82. The molecule has 0 unspecified atom stereocenters. The van der Waals surface area contributed by atoms with Gasteiger partial charge in [-0.25, -0.2) is 4.57 Å². The Hall–Kier alpha value is -0.630. The molecule has 0 aliphatic rings. The Bertz CT molecular complexity index is 312. The molecule has 2 nitrogen and oxygen atoms in total. The third-order valence-electron chi connectivity index (χ3n) is 1.61. The van der Waals surface area contributed by atoms with Crippen LogP contribution in [0.3, 0.4) is 0 Å². The summed E-state index contributed by atoms with van der Waals surface area (Å²) in [5, 5.41) is 0. The monoisotopic (exact) mass is 292 g/mol. The van der Waals surface area contributed by atoms with E-state index in [-0.39, 0.29) is 6.08 Å². The summed E-state index contributed by atoms with van der Waals surface area (Å²) in [6.45, 7) is 2.59. The van der Waals surface area contributed by atoms with E-state index in [4.69, 9.17) is 0 Å². The van der Waals surface area contributed by atoms with Crippen molar-refractivity contribution in [1.29, 1.82) is 0 Å². The van der Waals surface area contributed by atoms with Gasteiger partial charge in [-0.1, -0.05) is 6.08 Å². The lowest BCUT2D eigenvalue weighted by Crippen LogP contribution is -2.57. The molecule has 0 fully saturated rings. The van der Waals surface area contributed by atoms with Crippen LogP contribution >= 0.6 is 7.99 Å². The van der Waals surface area contributed by atoms with Crippen LogP contribution in [0.2, 0.25) is 0 Å². The maximum atomic E-state index is 12.2. The van der Waals surface area contributed by atoms with Gasteiger partial charge in [0.05, 0.1) is 0 Å². The molecule has 11 heteroatoms. The molecule has 0 rings (SSSR count). The molecule has 0 amide bonds. The van der Waals surface area contributed by atoms with Gasteiger partial charge in [-0.3, -0.25) is 4.52 Å². The first-order valence-corrected chi connectivity index (χ1v) is 5.12. The van der Waals surface area contributed by atoms with Crippen LogP contribution in [0.25, 0.3) is 0 Å². The Kier molecular flexibility index (Phi) is 4.40. The molecule has 0 aromatic rings. The lowest BCUT2D eigenvalue weighted by Gasteiger charge is -2.35. The van der Waals surface area contributed by atoms with E-state index in [1.807, 2.05) is 0 Å². The van der Waals surface area contributed by atoms with Crippen molar-refractivity contribution in [1.82, 2.24) is 0 Å². The highest BCUT2D eigenvalue weighted by Crippen LogP contribution is 2.61. The van der Waals surface area contributed by atoms with Gasteiger partial charge in [-0.2, -0.15) is 26.3 Å². The van der Waals surface area contributed by atoms with E-state index in [9.17, 15) is 39.3 Å². The maximum absolute atomic E-state index is 12.2. The number of hydrogen-bond donors (Lipinski definition) is 0. The Morgan fingerprint density at radius 2 is 1.41 bits per heavy atom. The molecule has 0 atom stereocenters. The molecular weight excluding hydrogens is 287 g/mol. The van der Waals surface area contributed by atoms with E-state index in [1.165, 1.54) is 0 Å². The zero-order valence-electron chi connectivity index (χ0n) is 7.78. The van der Waals surface area contributed by atoms with E-state index in [2.05, 4.69) is 11.1 Å².